The van der Waals surface area contributed by atoms with Gasteiger partial charge in [-0.3, -0.25) is 33.8 Å². The third-order valence-electron chi connectivity index (χ3n) is 9.45. The number of nitrogens with two attached hydrogens (primary N) is 1. The molecule has 6 rings (SSSR count). The number of phenols is 1. The summed E-state index contributed by atoms with van der Waals surface area (Å²) in [6.07, 6.45) is 2.47. The predicted molar refractivity (Wildman–Crippen MR) is 144 cm³/mol. The molecule has 0 bridgehead atoms. The van der Waals surface area contributed by atoms with Crippen LogP contribution in [0.2, 0.25) is 0 Å². The molecule has 1 aliphatic heterocycles. The first-order valence-electron chi connectivity index (χ1n) is 14.0. The number of Topliss-reactive ketones (excluding diaryl/α,β-unsaturated/α-hetero) is 4. The number of nitrogens with zero attached hydrogens (tertiary/aromatic N) is 2. The summed E-state index contributed by atoms with van der Waals surface area (Å²) in [4.78, 5) is 70.4. The molecule has 2 unspecified atom stereocenters. The second kappa shape index (κ2) is 9.71. The van der Waals surface area contributed by atoms with E-state index in [4.69, 9.17) is 10.2 Å². The number of likely N-dealkylation sites (N-methyl/N-ethyl adjacent to an activating group) is 1. The number of primary amides is 1. The maximum atomic E-state index is 13.9. The molecule has 216 valence electrons. The maximum Gasteiger partial charge on any atom is 0.235 e. The van der Waals surface area contributed by atoms with E-state index in [-0.39, 0.29) is 24.2 Å². The van der Waals surface area contributed by atoms with Crippen LogP contribution in [0.1, 0.15) is 40.9 Å². The lowest BCUT2D eigenvalue weighted by Gasteiger charge is -2.52. The molecule has 0 spiro atoms. The third-order valence-corrected chi connectivity index (χ3v) is 9.45. The summed E-state index contributed by atoms with van der Waals surface area (Å²) in [5, 5.41) is 22.5. The van der Waals surface area contributed by atoms with Crippen molar-refractivity contribution in [3.05, 3.63) is 41.2 Å². The summed E-state index contributed by atoms with van der Waals surface area (Å²) >= 11 is 0. The zero-order valence-corrected chi connectivity index (χ0v) is 23.0. The van der Waals surface area contributed by atoms with Gasteiger partial charge in [-0.15, -0.1) is 0 Å². The summed E-state index contributed by atoms with van der Waals surface area (Å²) in [5.74, 6) is -9.33. The van der Waals surface area contributed by atoms with Crippen LogP contribution >= 0.6 is 0 Å². The highest BCUT2D eigenvalue weighted by Crippen LogP contribution is 2.51. The number of carbonyl (C=O) groups is 5. The number of amides is 1. The highest BCUT2D eigenvalue weighted by molar-refractivity contribution is 6.32. The van der Waals surface area contributed by atoms with Crippen molar-refractivity contribution in [2.24, 2.45) is 29.4 Å². The number of aliphatic hydroxyl groups is 1. The van der Waals surface area contributed by atoms with Gasteiger partial charge >= 0.3 is 0 Å². The van der Waals surface area contributed by atoms with Gasteiger partial charge in [0.25, 0.3) is 0 Å². The van der Waals surface area contributed by atoms with Crippen LogP contribution in [-0.2, 0) is 32.1 Å². The average Bonchev–Trinajstić information content (AvgIpc) is 3.59. The number of rotatable bonds is 5. The van der Waals surface area contributed by atoms with Crippen molar-refractivity contribution in [3.8, 4) is 17.1 Å². The Morgan fingerprint density at radius 2 is 1.80 bits per heavy atom. The molecule has 0 radical (unpaired) electrons. The number of fused-ring (bicyclic) bond motifs is 3. The van der Waals surface area contributed by atoms with Crippen LogP contribution in [0.25, 0.3) is 11.3 Å². The van der Waals surface area contributed by atoms with E-state index >= 15 is 0 Å². The van der Waals surface area contributed by atoms with Gasteiger partial charge in [0.05, 0.1) is 24.1 Å². The zero-order chi connectivity index (χ0) is 29.4. The van der Waals surface area contributed by atoms with Crippen LogP contribution in [0, 0.1) is 23.7 Å². The Hall–Kier alpha value is -3.67. The standard InChI is InChI=1S/C30H33N3O8/c1-32(2)24-18-12-14-11-17-16(20-8-5-15(41-20)13-33-9-3-4-10-33)6-7-19(34)22(17)25(35)21(14)27(37)30(18,40)28(38)23(26(24)36)29(31)39/h5-8,14,18,21,23-24,34,40H,3-4,9-13H2,1-2H3,(H2,31,39)/t14-,18-,21?,23?,24-,30-/m1/s1. The van der Waals surface area contributed by atoms with Crippen molar-refractivity contribution in [2.45, 2.75) is 43.9 Å². The molecule has 2 saturated carbocycles. The number of hydrogen-bond acceptors (Lipinski definition) is 10. The average molecular weight is 564 g/mol. The van der Waals surface area contributed by atoms with Gasteiger partial charge in [0.1, 0.15) is 17.3 Å². The molecular formula is C30H33N3O8. The Bertz CT molecular complexity index is 1490. The fraction of sp³-hybridized carbons (Fsp3) is 0.500. The van der Waals surface area contributed by atoms with Gasteiger partial charge in [-0.2, -0.15) is 0 Å². The van der Waals surface area contributed by atoms with Crippen molar-refractivity contribution in [2.75, 3.05) is 27.2 Å². The van der Waals surface area contributed by atoms with Crippen LogP contribution in [0.15, 0.2) is 28.7 Å². The maximum absolute atomic E-state index is 13.9. The second-order valence-corrected chi connectivity index (χ2v) is 12.0. The van der Waals surface area contributed by atoms with Crippen LogP contribution in [0.5, 0.6) is 5.75 Å². The quantitative estimate of drug-likeness (QED) is 0.440. The molecule has 1 aromatic heterocycles. The van der Waals surface area contributed by atoms with Crippen molar-refractivity contribution in [3.63, 3.8) is 0 Å². The number of likely N-dealkylation sites (tertiary alicyclic amines) is 1. The van der Waals surface area contributed by atoms with Gasteiger partial charge in [-0.25, -0.2) is 0 Å². The van der Waals surface area contributed by atoms with E-state index in [0.29, 0.717) is 23.4 Å². The molecule has 1 aromatic carbocycles. The number of carbonyl (C=O) groups excluding carboxylic acids is 5. The molecule has 1 saturated heterocycles. The first kappa shape index (κ1) is 27.5. The Morgan fingerprint density at radius 1 is 1.10 bits per heavy atom. The number of hydrogen-bond donors (Lipinski definition) is 3. The first-order valence-corrected chi connectivity index (χ1v) is 14.0. The molecule has 11 heteroatoms. The fourth-order valence-corrected chi connectivity index (χ4v) is 7.60. The minimum Gasteiger partial charge on any atom is -0.507 e. The van der Waals surface area contributed by atoms with E-state index in [0.717, 1.165) is 31.7 Å². The Labute approximate surface area is 236 Å². The van der Waals surface area contributed by atoms with Gasteiger partial charge in [0.15, 0.2) is 34.7 Å². The molecule has 3 aliphatic carbocycles. The fourth-order valence-electron chi connectivity index (χ4n) is 7.60. The molecular weight excluding hydrogens is 530 g/mol. The molecule has 4 N–H and O–H groups in total. The molecule has 2 aromatic rings. The van der Waals surface area contributed by atoms with Crippen molar-refractivity contribution >= 4 is 29.0 Å². The molecule has 2 heterocycles. The number of ketones is 4. The normalized spacial score (nSPS) is 31.8. The van der Waals surface area contributed by atoms with Crippen molar-refractivity contribution < 1.29 is 38.6 Å². The van der Waals surface area contributed by atoms with Crippen LogP contribution < -0.4 is 5.73 Å². The lowest BCUT2D eigenvalue weighted by atomic mass is 9.52. The van der Waals surface area contributed by atoms with Gasteiger partial charge in [-0.05, 0) is 88.6 Å². The van der Waals surface area contributed by atoms with E-state index < -0.39 is 64.4 Å². The molecule has 11 nitrogen and oxygen atoms in total. The monoisotopic (exact) mass is 563 g/mol. The molecule has 41 heavy (non-hydrogen) atoms. The van der Waals surface area contributed by atoms with Crippen LogP contribution in [-0.4, -0.2) is 87.9 Å². The minimum atomic E-state index is -2.74. The summed E-state index contributed by atoms with van der Waals surface area (Å²) in [6, 6.07) is 5.62. The van der Waals surface area contributed by atoms with E-state index in [1.807, 2.05) is 12.1 Å². The van der Waals surface area contributed by atoms with Crippen LogP contribution in [0.4, 0.5) is 0 Å². The number of phenolic OH excluding ortho intramolecular Hbond substituents is 1. The van der Waals surface area contributed by atoms with Gasteiger partial charge in [0.2, 0.25) is 5.91 Å². The SMILES string of the molecule is CN(C)[C@H]1C(=O)C(C(N)=O)C(=O)[C@]2(O)C(=O)C3C(=O)c4c(O)ccc(-c5ccc(CN6CCCC6)o5)c4C[C@@H]3C[C@H]12. The summed E-state index contributed by atoms with van der Waals surface area (Å²) in [5.41, 5.74) is 3.70. The molecule has 3 fully saturated rings. The smallest absolute Gasteiger partial charge is 0.235 e. The molecule has 6 atom stereocenters. The van der Waals surface area contributed by atoms with E-state index in [1.54, 1.807) is 20.2 Å². The van der Waals surface area contributed by atoms with E-state index in [9.17, 15) is 34.2 Å². The lowest BCUT2D eigenvalue weighted by Crippen LogP contribution is -2.74. The Morgan fingerprint density at radius 3 is 2.46 bits per heavy atom. The summed E-state index contributed by atoms with van der Waals surface area (Å²) in [7, 11) is 3.11. The lowest BCUT2D eigenvalue weighted by molar-refractivity contribution is -0.181. The third kappa shape index (κ3) is 4.01. The Kier molecular flexibility index (Phi) is 6.51. The van der Waals surface area contributed by atoms with Crippen molar-refractivity contribution in [1.29, 1.82) is 0 Å². The highest BCUT2D eigenvalue weighted by atomic mass is 16.3. The van der Waals surface area contributed by atoms with Gasteiger partial charge in [-0.1, -0.05) is 0 Å². The first-order chi connectivity index (χ1) is 19.4. The van der Waals surface area contributed by atoms with E-state index in [1.165, 1.54) is 11.0 Å². The molecule has 4 aliphatic rings. The zero-order valence-electron chi connectivity index (χ0n) is 23.0. The number of furan rings is 1. The van der Waals surface area contributed by atoms with Crippen LogP contribution in [0.3, 0.4) is 0 Å². The number of benzene rings is 1. The van der Waals surface area contributed by atoms with Gasteiger partial charge in [0, 0.05) is 11.5 Å². The second-order valence-electron chi connectivity index (χ2n) is 12.0. The van der Waals surface area contributed by atoms with Crippen molar-refractivity contribution in [1.82, 2.24) is 9.80 Å². The van der Waals surface area contributed by atoms with Gasteiger partial charge < -0.3 is 20.4 Å². The summed E-state index contributed by atoms with van der Waals surface area (Å²) < 4.78 is 6.16. The minimum absolute atomic E-state index is 0.00262. The topological polar surface area (TPSA) is 171 Å². The van der Waals surface area contributed by atoms with E-state index in [2.05, 4.69) is 4.90 Å². The Balaban J connectivity index is 1.41. The largest absolute Gasteiger partial charge is 0.507 e. The molecule has 1 amide bonds. The summed E-state index contributed by atoms with van der Waals surface area (Å²) in [6.45, 7) is 2.67. The predicted octanol–water partition coefficient (Wildman–Crippen LogP) is 0.723. The number of aromatic hydroxyl groups is 1. The highest BCUT2D eigenvalue weighted by Gasteiger charge is 2.69.